The normalized spacial score (nSPS) is 10.2. The van der Waals surface area contributed by atoms with Crippen LogP contribution in [0.5, 0.6) is 0 Å². The molecule has 11 heavy (non-hydrogen) atoms. The molecule has 0 radical (unpaired) electrons. The second-order valence-electron chi connectivity index (χ2n) is 1.87. The van der Waals surface area contributed by atoms with Crippen molar-refractivity contribution >= 4 is 5.95 Å². The molecular formula is C4H5N7. The number of nitrogens with one attached hydrogen (secondary N) is 2. The Morgan fingerprint density at radius 1 is 1.27 bits per heavy atom. The van der Waals surface area contributed by atoms with E-state index in [1.165, 1.54) is 6.33 Å². The molecule has 2 aromatic rings. The fourth-order valence-electron chi connectivity index (χ4n) is 0.691. The summed E-state index contributed by atoms with van der Waals surface area (Å²) in [5, 5.41) is 12.5. The SMILES string of the molecule is Nc1nc(-c2nc[nH]n2)n[nH]1. The summed E-state index contributed by atoms with van der Waals surface area (Å²) in [5.74, 6) is 1.08. The minimum absolute atomic E-state index is 0.254. The molecule has 0 atom stereocenters. The number of nitrogen functional groups attached to an aromatic ring is 1. The Kier molecular flexibility index (Phi) is 1.08. The first-order valence-corrected chi connectivity index (χ1v) is 2.90. The molecule has 7 heteroatoms. The second kappa shape index (κ2) is 2.04. The summed E-state index contributed by atoms with van der Waals surface area (Å²) in [6.45, 7) is 0. The highest BCUT2D eigenvalue weighted by Gasteiger charge is 2.05. The van der Waals surface area contributed by atoms with E-state index < -0.39 is 0 Å². The van der Waals surface area contributed by atoms with E-state index in [-0.39, 0.29) is 5.95 Å². The van der Waals surface area contributed by atoms with Crippen LogP contribution in [0.15, 0.2) is 6.33 Å². The van der Waals surface area contributed by atoms with E-state index >= 15 is 0 Å². The van der Waals surface area contributed by atoms with Crippen LogP contribution in [0.2, 0.25) is 0 Å². The van der Waals surface area contributed by atoms with Crippen molar-refractivity contribution < 1.29 is 0 Å². The van der Waals surface area contributed by atoms with Crippen LogP contribution in [0.25, 0.3) is 11.6 Å². The molecule has 2 aromatic heterocycles. The molecule has 56 valence electrons. The predicted octanol–water partition coefficient (Wildman–Crippen LogP) is -0.828. The lowest BCUT2D eigenvalue weighted by Crippen LogP contribution is -1.86. The van der Waals surface area contributed by atoms with Crippen LogP contribution in [-0.2, 0) is 0 Å². The Hall–Kier alpha value is -1.92. The van der Waals surface area contributed by atoms with Gasteiger partial charge in [-0.05, 0) is 0 Å². The molecule has 0 saturated heterocycles. The maximum atomic E-state index is 5.29. The van der Waals surface area contributed by atoms with Gasteiger partial charge in [-0.1, -0.05) is 0 Å². The Morgan fingerprint density at radius 3 is 2.73 bits per heavy atom. The predicted molar refractivity (Wildman–Crippen MR) is 36.2 cm³/mol. The van der Waals surface area contributed by atoms with E-state index in [1.807, 2.05) is 0 Å². The third-order valence-electron chi connectivity index (χ3n) is 1.12. The second-order valence-corrected chi connectivity index (χ2v) is 1.87. The van der Waals surface area contributed by atoms with Crippen molar-refractivity contribution in [2.45, 2.75) is 0 Å². The molecule has 0 amide bonds. The van der Waals surface area contributed by atoms with Crippen molar-refractivity contribution in [2.75, 3.05) is 5.73 Å². The van der Waals surface area contributed by atoms with Gasteiger partial charge in [0.2, 0.25) is 17.6 Å². The largest absolute Gasteiger partial charge is 0.368 e. The van der Waals surface area contributed by atoms with Crippen molar-refractivity contribution in [3.63, 3.8) is 0 Å². The summed E-state index contributed by atoms with van der Waals surface area (Å²) in [6.07, 6.45) is 1.45. The van der Waals surface area contributed by atoms with Crippen molar-refractivity contribution in [1.82, 2.24) is 30.4 Å². The first-order chi connectivity index (χ1) is 5.36. The quantitative estimate of drug-likeness (QED) is 0.493. The van der Waals surface area contributed by atoms with Gasteiger partial charge in [-0.25, -0.2) is 10.1 Å². The molecular weight excluding hydrogens is 146 g/mol. The zero-order valence-electron chi connectivity index (χ0n) is 5.44. The zero-order chi connectivity index (χ0) is 7.68. The monoisotopic (exact) mass is 151 g/mol. The highest BCUT2D eigenvalue weighted by Crippen LogP contribution is 2.05. The topological polar surface area (TPSA) is 109 Å². The Bertz CT molecular complexity index is 333. The average Bonchev–Trinajstić information content (AvgIpc) is 2.55. The molecule has 2 heterocycles. The molecule has 0 aliphatic carbocycles. The standard InChI is InChI=1S/C4H5N7/c5-4-8-3(10-11-4)2-6-1-7-9-2/h1H,(H,6,7,9)(H3,5,8,10,11). The number of nitrogens with two attached hydrogens (primary N) is 1. The van der Waals surface area contributed by atoms with Gasteiger partial charge < -0.3 is 5.73 Å². The first-order valence-electron chi connectivity index (χ1n) is 2.90. The van der Waals surface area contributed by atoms with E-state index in [0.717, 1.165) is 0 Å². The lowest BCUT2D eigenvalue weighted by molar-refractivity contribution is 1.05. The summed E-state index contributed by atoms with van der Waals surface area (Å²) in [5.41, 5.74) is 5.29. The van der Waals surface area contributed by atoms with E-state index in [0.29, 0.717) is 11.6 Å². The smallest absolute Gasteiger partial charge is 0.222 e. The van der Waals surface area contributed by atoms with Gasteiger partial charge in [0, 0.05) is 0 Å². The summed E-state index contributed by atoms with van der Waals surface area (Å²) < 4.78 is 0. The molecule has 0 aromatic carbocycles. The van der Waals surface area contributed by atoms with Crippen LogP contribution in [0.4, 0.5) is 5.95 Å². The third-order valence-corrected chi connectivity index (χ3v) is 1.12. The number of aromatic amines is 2. The summed E-state index contributed by atoms with van der Waals surface area (Å²) in [7, 11) is 0. The Morgan fingerprint density at radius 2 is 2.18 bits per heavy atom. The molecule has 0 aliphatic heterocycles. The summed E-state index contributed by atoms with van der Waals surface area (Å²) in [4.78, 5) is 7.65. The maximum absolute atomic E-state index is 5.29. The Balaban J connectivity index is 2.45. The molecule has 4 N–H and O–H groups in total. The van der Waals surface area contributed by atoms with Gasteiger partial charge in [0.25, 0.3) is 0 Å². The third kappa shape index (κ3) is 0.914. The molecule has 0 saturated carbocycles. The molecule has 2 rings (SSSR count). The van der Waals surface area contributed by atoms with Crippen molar-refractivity contribution in [2.24, 2.45) is 0 Å². The van der Waals surface area contributed by atoms with E-state index in [4.69, 9.17) is 5.73 Å². The molecule has 0 bridgehead atoms. The van der Waals surface area contributed by atoms with Crippen molar-refractivity contribution in [1.29, 1.82) is 0 Å². The number of hydrogen-bond donors (Lipinski definition) is 3. The van der Waals surface area contributed by atoms with E-state index in [2.05, 4.69) is 30.4 Å². The van der Waals surface area contributed by atoms with Crippen LogP contribution in [-0.4, -0.2) is 30.4 Å². The fourth-order valence-corrected chi connectivity index (χ4v) is 0.691. The van der Waals surface area contributed by atoms with Gasteiger partial charge in [0.1, 0.15) is 6.33 Å². The minimum Gasteiger partial charge on any atom is -0.368 e. The lowest BCUT2D eigenvalue weighted by atomic mass is 10.6. The van der Waals surface area contributed by atoms with Gasteiger partial charge in [-0.15, -0.1) is 5.10 Å². The number of aromatic nitrogens is 6. The van der Waals surface area contributed by atoms with Crippen LogP contribution < -0.4 is 5.73 Å². The minimum atomic E-state index is 0.254. The van der Waals surface area contributed by atoms with E-state index in [1.54, 1.807) is 0 Å². The van der Waals surface area contributed by atoms with Gasteiger partial charge in [0.15, 0.2) is 0 Å². The zero-order valence-corrected chi connectivity index (χ0v) is 5.44. The molecule has 7 nitrogen and oxygen atoms in total. The average molecular weight is 151 g/mol. The highest BCUT2D eigenvalue weighted by molar-refractivity contribution is 5.42. The van der Waals surface area contributed by atoms with Gasteiger partial charge in [0.05, 0.1) is 0 Å². The summed E-state index contributed by atoms with van der Waals surface area (Å²) in [6, 6.07) is 0. The number of nitrogens with zero attached hydrogens (tertiary/aromatic N) is 4. The first kappa shape index (κ1) is 5.83. The number of hydrogen-bond acceptors (Lipinski definition) is 5. The van der Waals surface area contributed by atoms with E-state index in [9.17, 15) is 0 Å². The number of rotatable bonds is 1. The Labute approximate surface area is 61.1 Å². The summed E-state index contributed by atoms with van der Waals surface area (Å²) >= 11 is 0. The maximum Gasteiger partial charge on any atom is 0.222 e. The molecule has 0 spiro atoms. The van der Waals surface area contributed by atoms with Gasteiger partial charge in [-0.3, -0.25) is 5.10 Å². The highest BCUT2D eigenvalue weighted by atomic mass is 15.3. The molecule has 0 unspecified atom stereocenters. The number of H-pyrrole nitrogens is 2. The van der Waals surface area contributed by atoms with Gasteiger partial charge >= 0.3 is 0 Å². The lowest BCUT2D eigenvalue weighted by Gasteiger charge is -1.79. The van der Waals surface area contributed by atoms with Crippen LogP contribution >= 0.6 is 0 Å². The molecule has 0 fully saturated rings. The van der Waals surface area contributed by atoms with Crippen LogP contribution in [0.3, 0.4) is 0 Å². The fraction of sp³-hybridized carbons (Fsp3) is 0. The van der Waals surface area contributed by atoms with Crippen LogP contribution in [0, 0.1) is 0 Å². The van der Waals surface area contributed by atoms with Gasteiger partial charge in [-0.2, -0.15) is 10.1 Å². The number of anilines is 1. The molecule has 0 aliphatic rings. The van der Waals surface area contributed by atoms with Crippen LogP contribution in [0.1, 0.15) is 0 Å². The van der Waals surface area contributed by atoms with Crippen molar-refractivity contribution in [3.8, 4) is 11.6 Å². The van der Waals surface area contributed by atoms with Crippen molar-refractivity contribution in [3.05, 3.63) is 6.33 Å².